The lowest BCUT2D eigenvalue weighted by molar-refractivity contribution is 0.463. The maximum Gasteiger partial charge on any atom is 0.195 e. The van der Waals surface area contributed by atoms with E-state index >= 15 is 0 Å². The Morgan fingerprint density at radius 3 is 2.50 bits per heavy atom. The summed E-state index contributed by atoms with van der Waals surface area (Å²) in [7, 11) is -3.27. The first kappa shape index (κ1) is 11.0. The average molecular weight is 215 g/mol. The Labute approximate surface area is 83.5 Å². The third kappa shape index (κ3) is 2.04. The zero-order chi connectivity index (χ0) is 10.8. The SMILES string of the molecule is CCc1nc(S(=O)(=O)CC)ccc1O. The molecule has 4 nitrogen and oxygen atoms in total. The van der Waals surface area contributed by atoms with E-state index in [-0.39, 0.29) is 16.5 Å². The van der Waals surface area contributed by atoms with Gasteiger partial charge in [-0.2, -0.15) is 0 Å². The van der Waals surface area contributed by atoms with E-state index in [0.29, 0.717) is 12.1 Å². The van der Waals surface area contributed by atoms with E-state index in [2.05, 4.69) is 4.98 Å². The van der Waals surface area contributed by atoms with Gasteiger partial charge < -0.3 is 5.11 Å². The molecule has 0 unspecified atom stereocenters. The standard InChI is InChI=1S/C9H13NO3S/c1-3-7-8(11)5-6-9(10-7)14(12,13)4-2/h5-6,11H,3-4H2,1-2H3. The molecule has 0 aliphatic rings. The molecule has 0 saturated carbocycles. The molecule has 0 spiro atoms. The van der Waals surface area contributed by atoms with Gasteiger partial charge in [-0.3, -0.25) is 0 Å². The van der Waals surface area contributed by atoms with E-state index in [0.717, 1.165) is 0 Å². The highest BCUT2D eigenvalue weighted by atomic mass is 32.2. The number of hydrogen-bond acceptors (Lipinski definition) is 4. The lowest BCUT2D eigenvalue weighted by Gasteiger charge is -2.04. The molecule has 0 aromatic carbocycles. The van der Waals surface area contributed by atoms with Gasteiger partial charge in [0.05, 0.1) is 11.4 Å². The molecule has 1 N–H and O–H groups in total. The van der Waals surface area contributed by atoms with E-state index < -0.39 is 9.84 Å². The molecule has 0 bridgehead atoms. The maximum absolute atomic E-state index is 11.4. The highest BCUT2D eigenvalue weighted by Crippen LogP contribution is 2.18. The van der Waals surface area contributed by atoms with Crippen molar-refractivity contribution in [1.82, 2.24) is 4.98 Å². The second-order valence-electron chi connectivity index (χ2n) is 2.87. The highest BCUT2D eigenvalue weighted by Gasteiger charge is 2.14. The van der Waals surface area contributed by atoms with Gasteiger partial charge in [0.2, 0.25) is 0 Å². The van der Waals surface area contributed by atoms with Crippen LogP contribution < -0.4 is 0 Å². The summed E-state index contributed by atoms with van der Waals surface area (Å²) in [5.74, 6) is 0.0658. The molecule has 1 heterocycles. The highest BCUT2D eigenvalue weighted by molar-refractivity contribution is 7.91. The molecule has 0 radical (unpaired) electrons. The Morgan fingerprint density at radius 1 is 1.36 bits per heavy atom. The zero-order valence-corrected chi connectivity index (χ0v) is 9.00. The molecule has 0 amide bonds. The van der Waals surface area contributed by atoms with Crippen molar-refractivity contribution in [3.63, 3.8) is 0 Å². The second kappa shape index (κ2) is 3.96. The van der Waals surface area contributed by atoms with Gasteiger partial charge in [-0.15, -0.1) is 0 Å². The van der Waals surface area contributed by atoms with E-state index in [4.69, 9.17) is 0 Å². The van der Waals surface area contributed by atoms with Crippen molar-refractivity contribution < 1.29 is 13.5 Å². The molecular formula is C9H13NO3S. The number of rotatable bonds is 3. The molecule has 0 fully saturated rings. The lowest BCUT2D eigenvalue weighted by Crippen LogP contribution is -2.07. The average Bonchev–Trinajstić information content (AvgIpc) is 2.18. The fourth-order valence-electron chi connectivity index (χ4n) is 1.06. The first-order valence-electron chi connectivity index (χ1n) is 4.43. The number of pyridine rings is 1. The largest absolute Gasteiger partial charge is 0.506 e. The number of aryl methyl sites for hydroxylation is 1. The summed E-state index contributed by atoms with van der Waals surface area (Å²) in [5, 5.41) is 9.35. The minimum absolute atomic E-state index is 0.0218. The Hall–Kier alpha value is -1.10. The minimum Gasteiger partial charge on any atom is -0.506 e. The van der Waals surface area contributed by atoms with E-state index in [1.54, 1.807) is 6.92 Å². The van der Waals surface area contributed by atoms with Gasteiger partial charge in [-0.05, 0) is 18.6 Å². The van der Waals surface area contributed by atoms with Crippen LogP contribution in [0.1, 0.15) is 19.5 Å². The van der Waals surface area contributed by atoms with Crippen molar-refractivity contribution in [1.29, 1.82) is 0 Å². The second-order valence-corrected chi connectivity index (χ2v) is 5.10. The van der Waals surface area contributed by atoms with Crippen molar-refractivity contribution in [2.45, 2.75) is 25.3 Å². The first-order valence-corrected chi connectivity index (χ1v) is 6.08. The Bertz CT molecular complexity index is 426. The van der Waals surface area contributed by atoms with Crippen LogP contribution in [0, 0.1) is 0 Å². The molecule has 14 heavy (non-hydrogen) atoms. The fraction of sp³-hybridized carbons (Fsp3) is 0.444. The van der Waals surface area contributed by atoms with Gasteiger partial charge in [0, 0.05) is 0 Å². The van der Waals surface area contributed by atoms with Gasteiger partial charge in [0.1, 0.15) is 5.75 Å². The van der Waals surface area contributed by atoms with Crippen LogP contribution in [0.5, 0.6) is 5.75 Å². The van der Waals surface area contributed by atoms with Crippen LogP contribution in [0.25, 0.3) is 0 Å². The number of hydrogen-bond donors (Lipinski definition) is 1. The molecule has 78 valence electrons. The summed E-state index contributed by atoms with van der Waals surface area (Å²) >= 11 is 0. The van der Waals surface area contributed by atoms with Crippen LogP contribution in [0.3, 0.4) is 0 Å². The third-order valence-electron chi connectivity index (χ3n) is 1.96. The zero-order valence-electron chi connectivity index (χ0n) is 8.19. The van der Waals surface area contributed by atoms with Crippen LogP contribution in [0.15, 0.2) is 17.2 Å². The van der Waals surface area contributed by atoms with Crippen molar-refractivity contribution in [3.05, 3.63) is 17.8 Å². The van der Waals surface area contributed by atoms with Gasteiger partial charge in [0.25, 0.3) is 0 Å². The Morgan fingerprint density at radius 2 is 2.00 bits per heavy atom. The first-order chi connectivity index (χ1) is 6.51. The van der Waals surface area contributed by atoms with E-state index in [1.807, 2.05) is 6.92 Å². The molecule has 0 aliphatic carbocycles. The fourth-order valence-corrected chi connectivity index (χ4v) is 1.88. The Kier molecular flexibility index (Phi) is 3.10. The van der Waals surface area contributed by atoms with E-state index in [9.17, 15) is 13.5 Å². The number of nitrogens with zero attached hydrogens (tertiary/aromatic N) is 1. The summed E-state index contributed by atoms with van der Waals surface area (Å²) in [4.78, 5) is 3.90. The molecule has 0 atom stereocenters. The predicted octanol–water partition coefficient (Wildman–Crippen LogP) is 1.14. The van der Waals surface area contributed by atoms with Crippen LogP contribution in [0.4, 0.5) is 0 Å². The van der Waals surface area contributed by atoms with Crippen LogP contribution in [-0.4, -0.2) is 24.3 Å². The molecule has 1 aromatic heterocycles. The molecule has 1 rings (SSSR count). The van der Waals surface area contributed by atoms with Gasteiger partial charge >= 0.3 is 0 Å². The van der Waals surface area contributed by atoms with Crippen LogP contribution >= 0.6 is 0 Å². The summed E-state index contributed by atoms with van der Waals surface area (Å²) in [6, 6.07) is 2.70. The van der Waals surface area contributed by atoms with Crippen molar-refractivity contribution in [2.75, 3.05) is 5.75 Å². The molecular weight excluding hydrogens is 202 g/mol. The van der Waals surface area contributed by atoms with Crippen LogP contribution in [-0.2, 0) is 16.3 Å². The Balaban J connectivity index is 3.26. The summed E-state index contributed by atoms with van der Waals surface area (Å²) in [5.41, 5.74) is 0.416. The van der Waals surface area contributed by atoms with E-state index in [1.165, 1.54) is 12.1 Å². The number of aromatic nitrogens is 1. The quantitative estimate of drug-likeness (QED) is 0.821. The molecule has 5 heteroatoms. The smallest absolute Gasteiger partial charge is 0.195 e. The molecule has 0 saturated heterocycles. The maximum atomic E-state index is 11.4. The topological polar surface area (TPSA) is 67.3 Å². The van der Waals surface area contributed by atoms with Crippen molar-refractivity contribution >= 4 is 9.84 Å². The lowest BCUT2D eigenvalue weighted by atomic mass is 10.3. The monoisotopic (exact) mass is 215 g/mol. The van der Waals surface area contributed by atoms with Gasteiger partial charge in [0.15, 0.2) is 14.9 Å². The molecule has 0 aliphatic heterocycles. The third-order valence-corrected chi connectivity index (χ3v) is 3.58. The summed E-state index contributed by atoms with van der Waals surface area (Å²) < 4.78 is 22.9. The van der Waals surface area contributed by atoms with Gasteiger partial charge in [-0.1, -0.05) is 13.8 Å². The summed E-state index contributed by atoms with van der Waals surface area (Å²) in [6.45, 7) is 3.37. The van der Waals surface area contributed by atoms with Gasteiger partial charge in [-0.25, -0.2) is 13.4 Å². The summed E-state index contributed by atoms with van der Waals surface area (Å²) in [6.07, 6.45) is 0.513. The number of aromatic hydroxyl groups is 1. The minimum atomic E-state index is -3.27. The molecule has 1 aromatic rings. The van der Waals surface area contributed by atoms with Crippen molar-refractivity contribution in [2.24, 2.45) is 0 Å². The van der Waals surface area contributed by atoms with Crippen LogP contribution in [0.2, 0.25) is 0 Å². The van der Waals surface area contributed by atoms with Crippen molar-refractivity contribution in [3.8, 4) is 5.75 Å². The predicted molar refractivity (Wildman–Crippen MR) is 53.0 cm³/mol. The normalized spacial score (nSPS) is 11.6. The number of sulfone groups is 1.